The molecule has 2 atom stereocenters. The Morgan fingerprint density at radius 1 is 1.22 bits per heavy atom. The van der Waals surface area contributed by atoms with Crippen LogP contribution in [0.3, 0.4) is 0 Å². The summed E-state index contributed by atoms with van der Waals surface area (Å²) in [5.74, 6) is -1.56. The number of nitrogens with one attached hydrogen (secondary N) is 1. The molecule has 1 aliphatic heterocycles. The van der Waals surface area contributed by atoms with Crippen molar-refractivity contribution in [1.29, 1.82) is 0 Å². The predicted molar refractivity (Wildman–Crippen MR) is 80.5 cm³/mol. The maximum absolute atomic E-state index is 13.1. The second kappa shape index (κ2) is 6.28. The number of carbonyl (C=O) groups is 2. The molecule has 1 saturated carbocycles. The molecule has 1 heterocycles. The molecule has 124 valence electrons. The van der Waals surface area contributed by atoms with E-state index in [0.717, 1.165) is 24.8 Å². The van der Waals surface area contributed by atoms with Crippen molar-refractivity contribution in [2.45, 2.75) is 49.7 Å². The maximum atomic E-state index is 13.1. The summed E-state index contributed by atoms with van der Waals surface area (Å²) in [6, 6.07) is 6.42. The van der Waals surface area contributed by atoms with Gasteiger partial charge in [0.1, 0.15) is 11.9 Å². The fourth-order valence-corrected chi connectivity index (χ4v) is 3.36. The number of ether oxygens (including phenoxy) is 1. The molecule has 5 nitrogen and oxygen atoms in total. The highest BCUT2D eigenvalue weighted by atomic mass is 19.1. The summed E-state index contributed by atoms with van der Waals surface area (Å²) in [6.45, 7) is 0.467. The zero-order valence-corrected chi connectivity index (χ0v) is 12.8. The second-order valence-corrected chi connectivity index (χ2v) is 6.39. The first-order chi connectivity index (χ1) is 11.0. The van der Waals surface area contributed by atoms with Crippen molar-refractivity contribution >= 4 is 11.9 Å². The molecular weight excluding hydrogens is 301 g/mol. The zero-order chi connectivity index (χ0) is 16.4. The third-order valence-electron chi connectivity index (χ3n) is 4.96. The SMILES string of the molecule is O=C(NCC1(c2ccc(F)cc2)CCC1)[C@@H]1CC[C@H](C(=O)O)O1. The molecule has 1 saturated heterocycles. The van der Waals surface area contributed by atoms with Crippen molar-refractivity contribution in [3.8, 4) is 0 Å². The van der Waals surface area contributed by atoms with Gasteiger partial charge in [-0.3, -0.25) is 4.79 Å². The van der Waals surface area contributed by atoms with Gasteiger partial charge in [0, 0.05) is 12.0 Å². The molecule has 1 aromatic carbocycles. The monoisotopic (exact) mass is 321 g/mol. The molecule has 0 radical (unpaired) electrons. The van der Waals surface area contributed by atoms with Gasteiger partial charge in [0.2, 0.25) is 5.91 Å². The molecule has 2 aliphatic rings. The molecule has 6 heteroatoms. The van der Waals surface area contributed by atoms with Crippen molar-refractivity contribution in [2.24, 2.45) is 0 Å². The van der Waals surface area contributed by atoms with E-state index in [1.54, 1.807) is 12.1 Å². The number of hydrogen-bond donors (Lipinski definition) is 2. The third-order valence-corrected chi connectivity index (χ3v) is 4.96. The van der Waals surface area contributed by atoms with Gasteiger partial charge < -0.3 is 15.2 Å². The molecule has 23 heavy (non-hydrogen) atoms. The Hall–Kier alpha value is -1.95. The summed E-state index contributed by atoms with van der Waals surface area (Å²) in [6.07, 6.45) is 2.17. The lowest BCUT2D eigenvalue weighted by atomic mass is 9.64. The Morgan fingerprint density at radius 3 is 2.39 bits per heavy atom. The van der Waals surface area contributed by atoms with Crippen LogP contribution in [-0.2, 0) is 19.7 Å². The number of carbonyl (C=O) groups excluding carboxylic acids is 1. The van der Waals surface area contributed by atoms with Crippen LogP contribution in [-0.4, -0.2) is 35.7 Å². The predicted octanol–water partition coefficient (Wildman–Crippen LogP) is 2.00. The van der Waals surface area contributed by atoms with Crippen molar-refractivity contribution < 1.29 is 23.8 Å². The average molecular weight is 321 g/mol. The van der Waals surface area contributed by atoms with Gasteiger partial charge in [-0.15, -0.1) is 0 Å². The number of hydrogen-bond acceptors (Lipinski definition) is 3. The van der Waals surface area contributed by atoms with E-state index in [4.69, 9.17) is 9.84 Å². The third kappa shape index (κ3) is 3.22. The molecule has 0 bridgehead atoms. The van der Waals surface area contributed by atoms with Crippen LogP contribution >= 0.6 is 0 Å². The molecular formula is C17H20FNO4. The Morgan fingerprint density at radius 2 is 1.87 bits per heavy atom. The van der Waals surface area contributed by atoms with Crippen LogP contribution in [0.2, 0.25) is 0 Å². The Labute approximate surface area is 133 Å². The minimum atomic E-state index is -1.03. The van der Waals surface area contributed by atoms with Gasteiger partial charge in [-0.2, -0.15) is 0 Å². The van der Waals surface area contributed by atoms with E-state index >= 15 is 0 Å². The van der Waals surface area contributed by atoms with Crippen molar-refractivity contribution in [3.63, 3.8) is 0 Å². The summed E-state index contributed by atoms with van der Waals surface area (Å²) in [4.78, 5) is 23.1. The van der Waals surface area contributed by atoms with Gasteiger partial charge >= 0.3 is 5.97 Å². The highest BCUT2D eigenvalue weighted by Gasteiger charge is 2.40. The van der Waals surface area contributed by atoms with E-state index in [0.29, 0.717) is 19.4 Å². The molecule has 1 aliphatic carbocycles. The standard InChI is InChI=1S/C17H20FNO4/c18-12-4-2-11(3-5-12)17(8-1-9-17)10-19-15(20)13-6-7-14(23-13)16(21)22/h2-5,13-14H,1,6-10H2,(H,19,20)(H,21,22)/t13-,14+/m0/s1. The van der Waals surface area contributed by atoms with E-state index in [1.807, 2.05) is 0 Å². The normalized spacial score (nSPS) is 25.6. The maximum Gasteiger partial charge on any atom is 0.332 e. The number of aliphatic carboxylic acids is 1. The molecule has 1 aromatic rings. The van der Waals surface area contributed by atoms with Crippen molar-refractivity contribution in [1.82, 2.24) is 5.32 Å². The number of rotatable bonds is 5. The summed E-state index contributed by atoms with van der Waals surface area (Å²) in [5, 5.41) is 11.8. The minimum Gasteiger partial charge on any atom is -0.479 e. The first kappa shape index (κ1) is 15.9. The number of benzene rings is 1. The zero-order valence-electron chi connectivity index (χ0n) is 12.8. The summed E-state index contributed by atoms with van der Waals surface area (Å²) in [5.41, 5.74) is 0.884. The molecule has 0 aromatic heterocycles. The topological polar surface area (TPSA) is 75.6 Å². The van der Waals surface area contributed by atoms with Crippen LogP contribution in [0, 0.1) is 5.82 Å². The lowest BCUT2D eigenvalue weighted by Gasteiger charge is -2.42. The van der Waals surface area contributed by atoms with Gasteiger partial charge in [-0.05, 0) is 43.4 Å². The van der Waals surface area contributed by atoms with Crippen LogP contribution in [0.4, 0.5) is 4.39 Å². The van der Waals surface area contributed by atoms with Gasteiger partial charge in [-0.1, -0.05) is 18.6 Å². The van der Waals surface area contributed by atoms with E-state index in [2.05, 4.69) is 5.32 Å². The number of carboxylic acid groups (broad SMARTS) is 1. The molecule has 1 amide bonds. The quantitative estimate of drug-likeness (QED) is 0.870. The smallest absolute Gasteiger partial charge is 0.332 e. The highest BCUT2D eigenvalue weighted by molar-refractivity contribution is 5.82. The van der Waals surface area contributed by atoms with Gasteiger partial charge in [0.25, 0.3) is 0 Å². The van der Waals surface area contributed by atoms with Crippen LogP contribution in [0.15, 0.2) is 24.3 Å². The number of carboxylic acids is 1. The molecule has 2 fully saturated rings. The van der Waals surface area contributed by atoms with Crippen molar-refractivity contribution in [2.75, 3.05) is 6.54 Å². The molecule has 2 N–H and O–H groups in total. The largest absolute Gasteiger partial charge is 0.479 e. The molecule has 3 rings (SSSR count). The van der Waals surface area contributed by atoms with Crippen LogP contribution in [0.1, 0.15) is 37.7 Å². The second-order valence-electron chi connectivity index (χ2n) is 6.39. The molecule has 0 unspecified atom stereocenters. The van der Waals surface area contributed by atoms with E-state index in [9.17, 15) is 14.0 Å². The minimum absolute atomic E-state index is 0.145. The van der Waals surface area contributed by atoms with Crippen LogP contribution < -0.4 is 5.32 Å². The summed E-state index contributed by atoms with van der Waals surface area (Å²) >= 11 is 0. The van der Waals surface area contributed by atoms with E-state index in [1.165, 1.54) is 12.1 Å². The number of amides is 1. The van der Waals surface area contributed by atoms with Gasteiger partial charge in [-0.25, -0.2) is 9.18 Å². The fraction of sp³-hybridized carbons (Fsp3) is 0.529. The number of halogens is 1. The van der Waals surface area contributed by atoms with E-state index in [-0.39, 0.29) is 17.1 Å². The summed E-state index contributed by atoms with van der Waals surface area (Å²) < 4.78 is 18.3. The fourth-order valence-electron chi connectivity index (χ4n) is 3.36. The Balaban J connectivity index is 1.59. The lowest BCUT2D eigenvalue weighted by molar-refractivity contribution is -0.151. The highest BCUT2D eigenvalue weighted by Crippen LogP contribution is 2.43. The van der Waals surface area contributed by atoms with Gasteiger partial charge in [0.15, 0.2) is 6.10 Å². The van der Waals surface area contributed by atoms with Crippen LogP contribution in [0.5, 0.6) is 0 Å². The Bertz CT molecular complexity index is 597. The average Bonchev–Trinajstić information content (AvgIpc) is 2.98. The van der Waals surface area contributed by atoms with Crippen LogP contribution in [0.25, 0.3) is 0 Å². The first-order valence-corrected chi connectivity index (χ1v) is 7.92. The van der Waals surface area contributed by atoms with E-state index < -0.39 is 18.2 Å². The Kier molecular flexibility index (Phi) is 4.35. The first-order valence-electron chi connectivity index (χ1n) is 7.92. The summed E-state index contributed by atoms with van der Waals surface area (Å²) in [7, 11) is 0. The van der Waals surface area contributed by atoms with Crippen molar-refractivity contribution in [3.05, 3.63) is 35.6 Å². The lowest BCUT2D eigenvalue weighted by Crippen LogP contribution is -2.48. The molecule has 0 spiro atoms. The van der Waals surface area contributed by atoms with Gasteiger partial charge in [0.05, 0.1) is 0 Å².